The van der Waals surface area contributed by atoms with Crippen LogP contribution in [0.15, 0.2) is 24.3 Å². The van der Waals surface area contributed by atoms with Crippen molar-refractivity contribution in [2.75, 3.05) is 38.2 Å². The molecule has 5 heterocycles. The first-order chi connectivity index (χ1) is 21.3. The lowest BCUT2D eigenvalue weighted by Crippen LogP contribution is -2.51. The standard InChI is InChI=1S/C34H36F2N6O2/c1-4-7-27-29-32(30(36)31(38-27)25-15-23(43)14-19-9-12-26(35)24(5-2)28(19)25)39-34(44-18-22-8-6-13-41(22)3)40-33(29)42-16-20-10-11-21(17-42)37-20/h9,12,14-15,20-22,37,43H,5-6,8,10-11,13,16-18H2,1-3H3/t20-,21+,22-/m0/s1. The first kappa shape index (κ1) is 28.7. The van der Waals surface area contributed by atoms with Gasteiger partial charge in [-0.1, -0.05) is 18.9 Å². The average molecular weight is 599 g/mol. The third kappa shape index (κ3) is 4.98. The van der Waals surface area contributed by atoms with Crippen LogP contribution in [0.25, 0.3) is 32.9 Å². The molecule has 0 unspecified atom stereocenters. The number of ether oxygens (including phenoxy) is 1. The number of likely N-dealkylation sites (tertiary alicyclic amines) is 1. The third-order valence-electron chi connectivity index (χ3n) is 9.34. The second-order valence-corrected chi connectivity index (χ2v) is 12.2. The number of rotatable bonds is 6. The minimum atomic E-state index is -0.690. The van der Waals surface area contributed by atoms with Crippen molar-refractivity contribution in [1.29, 1.82) is 0 Å². The average Bonchev–Trinajstić information content (AvgIpc) is 3.59. The van der Waals surface area contributed by atoms with E-state index in [1.165, 1.54) is 12.1 Å². The minimum absolute atomic E-state index is 0.0457. The molecular weight excluding hydrogens is 562 g/mol. The highest BCUT2D eigenvalue weighted by molar-refractivity contribution is 6.03. The molecule has 10 heteroatoms. The van der Waals surface area contributed by atoms with Crippen LogP contribution in [0.3, 0.4) is 0 Å². The van der Waals surface area contributed by atoms with Gasteiger partial charge in [0.2, 0.25) is 0 Å². The van der Waals surface area contributed by atoms with E-state index in [0.717, 1.165) is 32.2 Å². The van der Waals surface area contributed by atoms with Crippen molar-refractivity contribution < 1.29 is 18.6 Å². The Morgan fingerprint density at radius 3 is 2.57 bits per heavy atom. The van der Waals surface area contributed by atoms with Gasteiger partial charge in [-0.2, -0.15) is 9.97 Å². The van der Waals surface area contributed by atoms with Gasteiger partial charge in [0.05, 0.1) is 5.39 Å². The van der Waals surface area contributed by atoms with Crippen molar-refractivity contribution >= 4 is 27.5 Å². The van der Waals surface area contributed by atoms with E-state index >= 15 is 8.78 Å². The minimum Gasteiger partial charge on any atom is -0.508 e. The van der Waals surface area contributed by atoms with Crippen molar-refractivity contribution in [2.24, 2.45) is 0 Å². The van der Waals surface area contributed by atoms with Gasteiger partial charge in [0.15, 0.2) is 5.82 Å². The van der Waals surface area contributed by atoms with Crippen LogP contribution in [0.4, 0.5) is 14.6 Å². The Morgan fingerprint density at radius 2 is 1.86 bits per heavy atom. The van der Waals surface area contributed by atoms with E-state index in [4.69, 9.17) is 14.7 Å². The normalized spacial score (nSPS) is 21.7. The van der Waals surface area contributed by atoms with Crippen LogP contribution < -0.4 is 15.0 Å². The van der Waals surface area contributed by atoms with Crippen LogP contribution in [0.1, 0.15) is 50.8 Å². The third-order valence-corrected chi connectivity index (χ3v) is 9.34. The van der Waals surface area contributed by atoms with E-state index in [-0.39, 0.29) is 34.6 Å². The highest BCUT2D eigenvalue weighted by Crippen LogP contribution is 2.40. The molecule has 2 N–H and O–H groups in total. The van der Waals surface area contributed by atoms with E-state index in [1.807, 2.05) is 6.92 Å². The summed E-state index contributed by atoms with van der Waals surface area (Å²) in [4.78, 5) is 18.7. The maximum Gasteiger partial charge on any atom is 0.319 e. The zero-order chi connectivity index (χ0) is 30.5. The second-order valence-electron chi connectivity index (χ2n) is 12.2. The van der Waals surface area contributed by atoms with Gasteiger partial charge in [-0.15, -0.1) is 0 Å². The summed E-state index contributed by atoms with van der Waals surface area (Å²) in [5.74, 6) is 5.40. The first-order valence-corrected chi connectivity index (χ1v) is 15.5. The van der Waals surface area contributed by atoms with Crippen molar-refractivity contribution in [2.45, 2.75) is 64.1 Å². The van der Waals surface area contributed by atoms with Gasteiger partial charge in [-0.05, 0) is 93.1 Å². The fraction of sp³-hybridized carbons (Fsp3) is 0.441. The molecule has 0 aliphatic carbocycles. The van der Waals surface area contributed by atoms with Crippen LogP contribution in [0.2, 0.25) is 0 Å². The fourth-order valence-electron chi connectivity index (χ4n) is 7.18. The smallest absolute Gasteiger partial charge is 0.319 e. The molecule has 2 bridgehead atoms. The van der Waals surface area contributed by atoms with Gasteiger partial charge in [-0.3, -0.25) is 0 Å². The predicted octanol–water partition coefficient (Wildman–Crippen LogP) is 5.18. The van der Waals surface area contributed by atoms with E-state index < -0.39 is 11.6 Å². The quantitative estimate of drug-likeness (QED) is 0.294. The summed E-state index contributed by atoms with van der Waals surface area (Å²) in [6, 6.07) is 6.90. The Morgan fingerprint density at radius 1 is 1.07 bits per heavy atom. The lowest BCUT2D eigenvalue weighted by atomic mass is 9.94. The number of phenolic OH excluding ortho intramolecular Hbond substituents is 1. The van der Waals surface area contributed by atoms with Crippen LogP contribution in [0, 0.1) is 23.5 Å². The van der Waals surface area contributed by atoms with Gasteiger partial charge in [0, 0.05) is 36.8 Å². The summed E-state index contributed by atoms with van der Waals surface area (Å²) >= 11 is 0. The number of piperazine rings is 1. The number of aromatic hydroxyl groups is 1. The largest absolute Gasteiger partial charge is 0.508 e. The van der Waals surface area contributed by atoms with Crippen LogP contribution in [-0.4, -0.2) is 76.4 Å². The van der Waals surface area contributed by atoms with Crippen molar-refractivity contribution in [3.63, 3.8) is 0 Å². The highest BCUT2D eigenvalue weighted by Gasteiger charge is 2.35. The zero-order valence-electron chi connectivity index (χ0n) is 25.3. The molecule has 0 radical (unpaired) electrons. The number of nitrogens with zero attached hydrogens (tertiary/aromatic N) is 5. The van der Waals surface area contributed by atoms with Crippen molar-refractivity contribution in [3.8, 4) is 34.9 Å². The molecule has 7 rings (SSSR count). The summed E-state index contributed by atoms with van der Waals surface area (Å²) in [5, 5.41) is 15.8. The SMILES string of the molecule is CC#Cc1nc(-c2cc(O)cc3ccc(F)c(CC)c23)c(F)c2nc(OC[C@@H]3CCCN3C)nc(N3C[C@H]4CC[C@@H](C3)N4)c12. The molecule has 44 heavy (non-hydrogen) atoms. The van der Waals surface area contributed by atoms with Gasteiger partial charge >= 0.3 is 6.01 Å². The molecule has 3 aliphatic heterocycles. The number of aryl methyl sites for hydroxylation is 1. The number of pyridine rings is 1. The van der Waals surface area contributed by atoms with Crippen LogP contribution in [0.5, 0.6) is 11.8 Å². The number of halogens is 2. The Kier molecular flexibility index (Phi) is 7.47. The van der Waals surface area contributed by atoms with Gasteiger partial charge in [0.1, 0.15) is 40.9 Å². The predicted molar refractivity (Wildman–Crippen MR) is 167 cm³/mol. The molecule has 4 aromatic rings. The molecule has 8 nitrogen and oxygen atoms in total. The summed E-state index contributed by atoms with van der Waals surface area (Å²) in [6.45, 7) is 6.37. The summed E-state index contributed by atoms with van der Waals surface area (Å²) in [6.07, 6.45) is 4.63. The lowest BCUT2D eigenvalue weighted by Gasteiger charge is -2.34. The Labute approximate surface area is 255 Å². The van der Waals surface area contributed by atoms with E-state index in [0.29, 0.717) is 71.4 Å². The highest BCUT2D eigenvalue weighted by atomic mass is 19.1. The Balaban J connectivity index is 1.47. The lowest BCUT2D eigenvalue weighted by molar-refractivity contribution is 0.188. The van der Waals surface area contributed by atoms with Crippen molar-refractivity contribution in [1.82, 2.24) is 25.2 Å². The molecule has 3 saturated heterocycles. The van der Waals surface area contributed by atoms with Gasteiger partial charge < -0.3 is 25.0 Å². The Bertz CT molecular complexity index is 1820. The molecule has 3 aliphatic rings. The van der Waals surface area contributed by atoms with Gasteiger partial charge in [0.25, 0.3) is 0 Å². The molecule has 2 aromatic carbocycles. The van der Waals surface area contributed by atoms with Crippen LogP contribution in [-0.2, 0) is 6.42 Å². The number of hydrogen-bond donors (Lipinski definition) is 2. The summed E-state index contributed by atoms with van der Waals surface area (Å²) in [5.41, 5.74) is 1.02. The van der Waals surface area contributed by atoms with E-state index in [2.05, 4.69) is 39.0 Å². The fourth-order valence-corrected chi connectivity index (χ4v) is 7.18. The topological polar surface area (TPSA) is 86.6 Å². The number of likely N-dealkylation sites (N-methyl/N-ethyl adjacent to an activating group) is 1. The number of fused-ring (bicyclic) bond motifs is 4. The molecule has 0 amide bonds. The number of benzene rings is 2. The number of anilines is 1. The molecule has 228 valence electrons. The molecule has 2 aromatic heterocycles. The van der Waals surface area contributed by atoms with Crippen molar-refractivity contribution in [3.05, 3.63) is 47.2 Å². The molecule has 0 spiro atoms. The maximum atomic E-state index is 17.0. The Hall–Kier alpha value is -4.07. The van der Waals surface area contributed by atoms with E-state index in [9.17, 15) is 5.11 Å². The zero-order valence-corrected chi connectivity index (χ0v) is 25.3. The number of phenols is 1. The summed E-state index contributed by atoms with van der Waals surface area (Å²) in [7, 11) is 2.07. The number of hydrogen-bond acceptors (Lipinski definition) is 8. The molecular formula is C34H36F2N6O2. The second kappa shape index (κ2) is 11.5. The monoisotopic (exact) mass is 598 g/mol. The number of nitrogens with one attached hydrogen (secondary N) is 1. The van der Waals surface area contributed by atoms with Gasteiger partial charge in [-0.25, -0.2) is 13.8 Å². The summed E-state index contributed by atoms with van der Waals surface area (Å²) < 4.78 is 38.2. The number of aromatic nitrogens is 3. The maximum absolute atomic E-state index is 17.0. The van der Waals surface area contributed by atoms with E-state index in [1.54, 1.807) is 19.1 Å². The molecule has 0 saturated carbocycles. The molecule has 3 fully saturated rings. The van der Waals surface area contributed by atoms with Crippen LogP contribution >= 0.6 is 0 Å². The molecule has 3 atom stereocenters. The first-order valence-electron chi connectivity index (χ1n) is 15.5.